The van der Waals surface area contributed by atoms with Gasteiger partial charge in [-0.15, -0.1) is 0 Å². The van der Waals surface area contributed by atoms with Crippen molar-refractivity contribution in [3.63, 3.8) is 0 Å². The van der Waals surface area contributed by atoms with Crippen molar-refractivity contribution in [2.75, 3.05) is 18.5 Å². The molecule has 2 N–H and O–H groups in total. The molecule has 2 unspecified atom stereocenters. The SMILES string of the molecule is CC1CC1CN(C)c1nc2ccccn2c1CN. The quantitative estimate of drug-likeness (QED) is 0.893. The van der Waals surface area contributed by atoms with E-state index in [-0.39, 0.29) is 0 Å². The second kappa shape index (κ2) is 4.28. The van der Waals surface area contributed by atoms with Crippen molar-refractivity contribution in [2.45, 2.75) is 19.9 Å². The average molecular weight is 244 g/mol. The summed E-state index contributed by atoms with van der Waals surface area (Å²) in [6.07, 6.45) is 3.37. The Bertz CT molecular complexity index is 560. The summed E-state index contributed by atoms with van der Waals surface area (Å²) >= 11 is 0. The Balaban J connectivity index is 1.94. The third-order valence-electron chi connectivity index (χ3n) is 3.95. The molecule has 96 valence electrons. The van der Waals surface area contributed by atoms with E-state index in [1.54, 1.807) is 0 Å². The highest BCUT2D eigenvalue weighted by Gasteiger charge is 2.34. The Morgan fingerprint density at radius 3 is 2.94 bits per heavy atom. The first kappa shape index (κ1) is 11.5. The molecule has 2 aromatic heterocycles. The number of anilines is 1. The van der Waals surface area contributed by atoms with Crippen LogP contribution in [-0.2, 0) is 6.54 Å². The van der Waals surface area contributed by atoms with E-state index in [4.69, 9.17) is 10.7 Å². The molecule has 1 aliphatic rings. The molecular weight excluding hydrogens is 224 g/mol. The Kier molecular flexibility index (Phi) is 2.74. The molecule has 1 saturated carbocycles. The van der Waals surface area contributed by atoms with Gasteiger partial charge in [0, 0.05) is 26.3 Å². The Hall–Kier alpha value is -1.55. The van der Waals surface area contributed by atoms with E-state index >= 15 is 0 Å². The first-order valence-corrected chi connectivity index (χ1v) is 6.58. The number of nitrogens with two attached hydrogens (primary N) is 1. The van der Waals surface area contributed by atoms with Crippen LogP contribution in [0, 0.1) is 11.8 Å². The van der Waals surface area contributed by atoms with Gasteiger partial charge in [0.15, 0.2) is 5.82 Å². The number of aromatic nitrogens is 2. The van der Waals surface area contributed by atoms with Gasteiger partial charge in [-0.2, -0.15) is 0 Å². The highest BCUT2D eigenvalue weighted by Crippen LogP contribution is 2.38. The monoisotopic (exact) mass is 244 g/mol. The molecule has 1 fully saturated rings. The molecule has 2 aromatic rings. The van der Waals surface area contributed by atoms with Crippen LogP contribution in [0.3, 0.4) is 0 Å². The first-order chi connectivity index (χ1) is 8.70. The molecule has 0 bridgehead atoms. The Labute approximate surface area is 107 Å². The first-order valence-electron chi connectivity index (χ1n) is 6.58. The molecule has 3 rings (SSSR count). The lowest BCUT2D eigenvalue weighted by Gasteiger charge is -2.17. The third-order valence-corrected chi connectivity index (χ3v) is 3.95. The molecule has 18 heavy (non-hydrogen) atoms. The summed E-state index contributed by atoms with van der Waals surface area (Å²) in [7, 11) is 2.12. The molecule has 0 saturated heterocycles. The number of rotatable bonds is 4. The van der Waals surface area contributed by atoms with E-state index in [9.17, 15) is 0 Å². The van der Waals surface area contributed by atoms with Gasteiger partial charge in [0.25, 0.3) is 0 Å². The molecular formula is C14H20N4. The van der Waals surface area contributed by atoms with Crippen LogP contribution in [0.1, 0.15) is 19.0 Å². The minimum atomic E-state index is 0.519. The van der Waals surface area contributed by atoms with Crippen LogP contribution in [0.5, 0.6) is 0 Å². The predicted octanol–water partition coefficient (Wildman–Crippen LogP) is 1.89. The summed E-state index contributed by atoms with van der Waals surface area (Å²) in [5, 5.41) is 0. The summed E-state index contributed by atoms with van der Waals surface area (Å²) in [5.74, 6) is 2.72. The summed E-state index contributed by atoms with van der Waals surface area (Å²) in [6, 6.07) is 6.05. The fraction of sp³-hybridized carbons (Fsp3) is 0.500. The van der Waals surface area contributed by atoms with Crippen LogP contribution in [0.25, 0.3) is 5.65 Å². The van der Waals surface area contributed by atoms with Crippen molar-refractivity contribution in [1.29, 1.82) is 0 Å². The third kappa shape index (κ3) is 1.86. The molecule has 0 spiro atoms. The smallest absolute Gasteiger partial charge is 0.152 e. The number of fused-ring (bicyclic) bond motifs is 1. The van der Waals surface area contributed by atoms with E-state index in [2.05, 4.69) is 23.3 Å². The number of nitrogens with zero attached hydrogens (tertiary/aromatic N) is 3. The fourth-order valence-corrected chi connectivity index (χ4v) is 2.62. The molecule has 0 amide bonds. The summed E-state index contributed by atoms with van der Waals surface area (Å²) in [5.41, 5.74) is 7.96. The van der Waals surface area contributed by atoms with Gasteiger partial charge in [0.1, 0.15) is 5.65 Å². The van der Waals surface area contributed by atoms with Crippen LogP contribution in [0.15, 0.2) is 24.4 Å². The van der Waals surface area contributed by atoms with E-state index in [1.807, 2.05) is 24.4 Å². The highest BCUT2D eigenvalue weighted by molar-refractivity contribution is 5.55. The van der Waals surface area contributed by atoms with E-state index < -0.39 is 0 Å². The number of hydrogen-bond donors (Lipinski definition) is 1. The fourth-order valence-electron chi connectivity index (χ4n) is 2.62. The molecule has 0 aliphatic heterocycles. The maximum absolute atomic E-state index is 5.89. The lowest BCUT2D eigenvalue weighted by Crippen LogP contribution is -2.22. The predicted molar refractivity (Wildman–Crippen MR) is 73.6 cm³/mol. The van der Waals surface area contributed by atoms with Crippen LogP contribution in [0.4, 0.5) is 5.82 Å². The normalized spacial score (nSPS) is 22.4. The van der Waals surface area contributed by atoms with Crippen LogP contribution in [-0.4, -0.2) is 23.0 Å². The molecule has 0 radical (unpaired) electrons. The average Bonchev–Trinajstić information content (AvgIpc) is 2.93. The van der Waals surface area contributed by atoms with Gasteiger partial charge in [0.2, 0.25) is 0 Å². The molecule has 0 aromatic carbocycles. The van der Waals surface area contributed by atoms with Crippen molar-refractivity contribution in [3.8, 4) is 0 Å². The summed E-state index contributed by atoms with van der Waals surface area (Å²) < 4.78 is 2.09. The molecule has 2 atom stereocenters. The van der Waals surface area contributed by atoms with Gasteiger partial charge in [-0.05, 0) is 30.4 Å². The van der Waals surface area contributed by atoms with Crippen LogP contribution in [0.2, 0.25) is 0 Å². The van der Waals surface area contributed by atoms with Crippen molar-refractivity contribution in [2.24, 2.45) is 17.6 Å². The second-order valence-electron chi connectivity index (χ2n) is 5.37. The number of pyridine rings is 1. The Morgan fingerprint density at radius 1 is 1.50 bits per heavy atom. The summed E-state index contributed by atoms with van der Waals surface area (Å²) in [6.45, 7) is 3.91. The van der Waals surface area contributed by atoms with Gasteiger partial charge < -0.3 is 15.0 Å². The number of hydrogen-bond acceptors (Lipinski definition) is 3. The standard InChI is InChI=1S/C14H20N4/c1-10-7-11(10)9-17(2)14-12(8-15)18-6-4-3-5-13(18)16-14/h3-6,10-11H,7-9,15H2,1-2H3. The van der Waals surface area contributed by atoms with Crippen molar-refractivity contribution in [3.05, 3.63) is 30.1 Å². The van der Waals surface area contributed by atoms with E-state index in [0.717, 1.165) is 35.5 Å². The maximum atomic E-state index is 5.89. The van der Waals surface area contributed by atoms with Crippen molar-refractivity contribution < 1.29 is 0 Å². The van der Waals surface area contributed by atoms with Crippen molar-refractivity contribution in [1.82, 2.24) is 9.38 Å². The highest BCUT2D eigenvalue weighted by atomic mass is 15.2. The molecule has 1 aliphatic carbocycles. The summed E-state index contributed by atoms with van der Waals surface area (Å²) in [4.78, 5) is 6.95. The minimum Gasteiger partial charge on any atom is -0.358 e. The van der Waals surface area contributed by atoms with Gasteiger partial charge in [-0.1, -0.05) is 13.0 Å². The zero-order valence-corrected chi connectivity index (χ0v) is 11.0. The largest absolute Gasteiger partial charge is 0.358 e. The van der Waals surface area contributed by atoms with Gasteiger partial charge >= 0.3 is 0 Å². The molecule has 4 nitrogen and oxygen atoms in total. The molecule has 4 heteroatoms. The van der Waals surface area contributed by atoms with Crippen molar-refractivity contribution >= 4 is 11.5 Å². The zero-order chi connectivity index (χ0) is 12.7. The Morgan fingerprint density at radius 2 is 2.28 bits per heavy atom. The van der Waals surface area contributed by atoms with Gasteiger partial charge in [-0.25, -0.2) is 4.98 Å². The van der Waals surface area contributed by atoms with Crippen LogP contribution >= 0.6 is 0 Å². The molecule has 2 heterocycles. The zero-order valence-electron chi connectivity index (χ0n) is 11.0. The lowest BCUT2D eigenvalue weighted by atomic mass is 10.3. The topological polar surface area (TPSA) is 46.6 Å². The minimum absolute atomic E-state index is 0.519. The number of imidazole rings is 1. The van der Waals surface area contributed by atoms with Gasteiger partial charge in [-0.3, -0.25) is 0 Å². The second-order valence-corrected chi connectivity index (χ2v) is 5.37. The maximum Gasteiger partial charge on any atom is 0.152 e. The van der Waals surface area contributed by atoms with Crippen LogP contribution < -0.4 is 10.6 Å². The van der Waals surface area contributed by atoms with Gasteiger partial charge in [0.05, 0.1) is 5.69 Å². The van der Waals surface area contributed by atoms with E-state index in [0.29, 0.717) is 6.54 Å². The van der Waals surface area contributed by atoms with E-state index in [1.165, 1.54) is 6.42 Å². The lowest BCUT2D eigenvalue weighted by molar-refractivity contribution is 0.717.